The summed E-state index contributed by atoms with van der Waals surface area (Å²) in [4.78, 5) is 0. The lowest BCUT2D eigenvalue weighted by Gasteiger charge is -2.25. The van der Waals surface area contributed by atoms with Crippen LogP contribution in [0.25, 0.3) is 0 Å². The second kappa shape index (κ2) is 3.88. The summed E-state index contributed by atoms with van der Waals surface area (Å²) < 4.78 is 15.2. The summed E-state index contributed by atoms with van der Waals surface area (Å²) in [6.45, 7) is 10.6. The fraction of sp³-hybridized carbons (Fsp3) is 1.00. The number of hydrogen-bond acceptors (Lipinski definition) is 1. The van der Waals surface area contributed by atoms with Crippen LogP contribution < -0.4 is 4.75 Å². The highest BCUT2D eigenvalue weighted by Gasteiger charge is 2.24. The van der Waals surface area contributed by atoms with E-state index in [0.717, 1.165) is 12.3 Å². The van der Waals surface area contributed by atoms with Gasteiger partial charge in [0.15, 0.2) is 0 Å². The molecule has 0 aromatic carbocycles. The standard InChI is InChI=1S/C7H20NOPSi/c1-6-10(9,7-2)8-11(3,4)5/h6-7H2,1-5H3,(H,8,9). The van der Waals surface area contributed by atoms with E-state index in [9.17, 15) is 4.57 Å². The normalized spacial score (nSPS) is 13.5. The van der Waals surface area contributed by atoms with Gasteiger partial charge in [-0.2, -0.15) is 0 Å². The molecule has 0 aliphatic carbocycles. The summed E-state index contributed by atoms with van der Waals surface area (Å²) in [5, 5.41) is 0. The van der Waals surface area contributed by atoms with Crippen molar-refractivity contribution in [3.63, 3.8) is 0 Å². The Balaban J connectivity index is 4.21. The van der Waals surface area contributed by atoms with Crippen LogP contribution in [0.1, 0.15) is 13.8 Å². The van der Waals surface area contributed by atoms with Gasteiger partial charge in [0.2, 0.25) is 0 Å². The van der Waals surface area contributed by atoms with Gasteiger partial charge in [-0.25, -0.2) is 0 Å². The van der Waals surface area contributed by atoms with Gasteiger partial charge in [-0.15, -0.1) is 0 Å². The zero-order valence-corrected chi connectivity index (χ0v) is 10.2. The molecular weight excluding hydrogens is 173 g/mol. The Labute approximate surface area is 71.3 Å². The molecule has 0 rings (SSSR count). The van der Waals surface area contributed by atoms with Crippen LogP contribution >= 0.6 is 7.29 Å². The second-order valence-corrected chi connectivity index (χ2v) is 12.3. The van der Waals surface area contributed by atoms with Gasteiger partial charge in [0.05, 0.1) is 0 Å². The monoisotopic (exact) mass is 193 g/mol. The first-order chi connectivity index (χ1) is 4.83. The number of rotatable bonds is 4. The van der Waals surface area contributed by atoms with Crippen LogP contribution in [-0.4, -0.2) is 20.6 Å². The maximum Gasteiger partial charge on any atom is 0.141 e. The van der Waals surface area contributed by atoms with Crippen LogP contribution in [0.5, 0.6) is 0 Å². The average molecular weight is 193 g/mol. The molecule has 0 fully saturated rings. The molecule has 0 saturated carbocycles. The Bertz CT molecular complexity index is 156. The van der Waals surface area contributed by atoms with Crippen molar-refractivity contribution in [2.45, 2.75) is 33.5 Å². The minimum absolute atomic E-state index is 0.785. The third-order valence-electron chi connectivity index (χ3n) is 1.56. The molecule has 0 aliphatic heterocycles. The Kier molecular flexibility index (Phi) is 4.02. The summed E-state index contributed by atoms with van der Waals surface area (Å²) in [5.74, 6) is 0. The van der Waals surface area contributed by atoms with Crippen LogP contribution in [0.2, 0.25) is 19.6 Å². The smallest absolute Gasteiger partial charge is 0.141 e. The van der Waals surface area contributed by atoms with Crippen LogP contribution in [-0.2, 0) is 4.57 Å². The van der Waals surface area contributed by atoms with Crippen LogP contribution in [0.3, 0.4) is 0 Å². The van der Waals surface area contributed by atoms with Crippen molar-refractivity contribution in [3.05, 3.63) is 0 Å². The van der Waals surface area contributed by atoms with Crippen molar-refractivity contribution in [2.24, 2.45) is 0 Å². The molecule has 0 bridgehead atoms. The van der Waals surface area contributed by atoms with Crippen molar-refractivity contribution in [2.75, 3.05) is 12.3 Å². The van der Waals surface area contributed by atoms with Crippen LogP contribution in [0.4, 0.5) is 0 Å². The van der Waals surface area contributed by atoms with Crippen molar-refractivity contribution < 1.29 is 4.57 Å². The minimum atomic E-state index is -1.99. The van der Waals surface area contributed by atoms with Gasteiger partial charge in [0, 0.05) is 12.3 Å². The second-order valence-electron chi connectivity index (χ2n) is 3.88. The largest absolute Gasteiger partial charge is 0.307 e. The van der Waals surface area contributed by atoms with E-state index in [1.165, 1.54) is 0 Å². The molecule has 0 amide bonds. The van der Waals surface area contributed by atoms with E-state index in [-0.39, 0.29) is 0 Å². The van der Waals surface area contributed by atoms with Gasteiger partial charge >= 0.3 is 0 Å². The molecule has 4 heteroatoms. The Morgan fingerprint density at radius 3 is 1.64 bits per heavy atom. The predicted octanol–water partition coefficient (Wildman–Crippen LogP) is 2.73. The average Bonchev–Trinajstić information content (AvgIpc) is 1.84. The lowest BCUT2D eigenvalue weighted by molar-refractivity contribution is 0.573. The lowest BCUT2D eigenvalue weighted by atomic mass is 11.0. The molecule has 0 saturated heterocycles. The maximum absolute atomic E-state index is 11.9. The molecule has 0 heterocycles. The predicted molar refractivity (Wildman–Crippen MR) is 55.2 cm³/mol. The minimum Gasteiger partial charge on any atom is -0.307 e. The molecule has 0 atom stereocenters. The quantitative estimate of drug-likeness (QED) is 0.549. The van der Waals surface area contributed by atoms with Crippen molar-refractivity contribution in [1.29, 1.82) is 0 Å². The van der Waals surface area contributed by atoms with E-state index in [1.54, 1.807) is 0 Å². The van der Waals surface area contributed by atoms with E-state index in [0.29, 0.717) is 0 Å². The molecule has 0 aromatic heterocycles. The van der Waals surface area contributed by atoms with Gasteiger partial charge in [-0.3, -0.25) is 4.75 Å². The Morgan fingerprint density at radius 1 is 1.18 bits per heavy atom. The summed E-state index contributed by atoms with van der Waals surface area (Å²) >= 11 is 0. The number of hydrogen-bond donors (Lipinski definition) is 1. The lowest BCUT2D eigenvalue weighted by Crippen LogP contribution is -2.39. The van der Waals surface area contributed by atoms with E-state index >= 15 is 0 Å². The zero-order valence-electron chi connectivity index (χ0n) is 8.27. The summed E-state index contributed by atoms with van der Waals surface area (Å²) in [6, 6.07) is 0. The van der Waals surface area contributed by atoms with E-state index < -0.39 is 15.5 Å². The van der Waals surface area contributed by atoms with Gasteiger partial charge in [-0.05, 0) is 0 Å². The molecule has 2 nitrogen and oxygen atoms in total. The van der Waals surface area contributed by atoms with Crippen molar-refractivity contribution in [3.8, 4) is 0 Å². The molecule has 1 N–H and O–H groups in total. The fourth-order valence-electron chi connectivity index (χ4n) is 0.993. The van der Waals surface area contributed by atoms with Gasteiger partial charge in [-0.1, -0.05) is 33.5 Å². The SMILES string of the molecule is CCP(=O)(CC)N[Si](C)(C)C. The third kappa shape index (κ3) is 4.78. The van der Waals surface area contributed by atoms with E-state index in [1.807, 2.05) is 13.8 Å². The molecule has 0 aromatic rings. The van der Waals surface area contributed by atoms with Gasteiger partial charge in [0.25, 0.3) is 0 Å². The molecule has 0 radical (unpaired) electrons. The molecule has 68 valence electrons. The van der Waals surface area contributed by atoms with Crippen LogP contribution in [0.15, 0.2) is 0 Å². The fourth-order valence-corrected chi connectivity index (χ4v) is 7.60. The highest BCUT2D eigenvalue weighted by atomic mass is 31.2. The molecule has 11 heavy (non-hydrogen) atoms. The first kappa shape index (κ1) is 11.4. The van der Waals surface area contributed by atoms with Crippen LogP contribution in [0, 0.1) is 0 Å². The Morgan fingerprint density at radius 2 is 1.55 bits per heavy atom. The molecule has 0 spiro atoms. The molecule has 0 aliphatic rings. The first-order valence-electron chi connectivity index (χ1n) is 4.20. The third-order valence-corrected chi connectivity index (χ3v) is 7.92. The topological polar surface area (TPSA) is 29.1 Å². The number of nitrogens with one attached hydrogen (secondary N) is 1. The zero-order chi connectivity index (χ0) is 9.12. The van der Waals surface area contributed by atoms with E-state index in [4.69, 9.17) is 0 Å². The summed E-state index contributed by atoms with van der Waals surface area (Å²) in [7, 11) is -3.34. The van der Waals surface area contributed by atoms with Gasteiger partial charge < -0.3 is 4.57 Å². The first-order valence-corrected chi connectivity index (χ1v) is 9.78. The summed E-state index contributed by atoms with van der Waals surface area (Å²) in [6.07, 6.45) is 1.57. The highest BCUT2D eigenvalue weighted by Crippen LogP contribution is 2.41. The summed E-state index contributed by atoms with van der Waals surface area (Å²) in [5.41, 5.74) is 0. The highest BCUT2D eigenvalue weighted by molar-refractivity contribution is 7.63. The van der Waals surface area contributed by atoms with Gasteiger partial charge in [0.1, 0.15) is 15.5 Å². The molecule has 0 unspecified atom stereocenters. The van der Waals surface area contributed by atoms with E-state index in [2.05, 4.69) is 24.4 Å². The maximum atomic E-state index is 11.9. The Hall–Kier alpha value is 0.407. The van der Waals surface area contributed by atoms with Crippen molar-refractivity contribution in [1.82, 2.24) is 4.75 Å². The molecular formula is C7H20NOPSi. The van der Waals surface area contributed by atoms with Crippen molar-refractivity contribution >= 4 is 15.5 Å².